The van der Waals surface area contributed by atoms with Crippen molar-refractivity contribution in [2.24, 2.45) is 0 Å². The summed E-state index contributed by atoms with van der Waals surface area (Å²) >= 11 is 0. The first-order valence-corrected chi connectivity index (χ1v) is 8.23. The fourth-order valence-electron chi connectivity index (χ4n) is 1.82. The summed E-state index contributed by atoms with van der Waals surface area (Å²) < 4.78 is 12.2. The summed E-state index contributed by atoms with van der Waals surface area (Å²) in [7, 11) is -2.02. The lowest BCUT2D eigenvalue weighted by atomic mass is 10.2. The molecule has 1 atom stereocenters. The number of rotatable bonds is 7. The maximum absolute atomic E-state index is 6.14. The minimum atomic E-state index is -2.02. The third kappa shape index (κ3) is 4.25. The predicted octanol–water partition coefficient (Wildman–Crippen LogP) is 4.10. The van der Waals surface area contributed by atoms with E-state index >= 15 is 0 Å². The van der Waals surface area contributed by atoms with Gasteiger partial charge < -0.3 is 8.85 Å². The smallest absolute Gasteiger partial charge is 0.343 e. The topological polar surface area (TPSA) is 18.5 Å². The molecule has 0 spiro atoms. The van der Waals surface area contributed by atoms with Crippen molar-refractivity contribution < 1.29 is 8.85 Å². The molecule has 0 radical (unpaired) electrons. The second-order valence-electron chi connectivity index (χ2n) is 5.03. The highest BCUT2D eigenvalue weighted by atomic mass is 28.4. The largest absolute Gasteiger partial charge is 0.394 e. The van der Waals surface area contributed by atoms with Crippen LogP contribution in [0.4, 0.5) is 0 Å². The van der Waals surface area contributed by atoms with Crippen molar-refractivity contribution in [1.29, 1.82) is 0 Å². The zero-order chi connectivity index (χ0) is 11.9. The lowest BCUT2D eigenvalue weighted by Gasteiger charge is -2.40. The molecular formula is C12H28O2Si. The van der Waals surface area contributed by atoms with E-state index in [1.54, 1.807) is 0 Å². The highest BCUT2D eigenvalue weighted by Gasteiger charge is 2.48. The highest BCUT2D eigenvalue weighted by molar-refractivity contribution is 6.70. The van der Waals surface area contributed by atoms with E-state index in [1.807, 2.05) is 0 Å². The molecule has 2 nitrogen and oxygen atoms in total. The molecule has 0 aliphatic rings. The summed E-state index contributed by atoms with van der Waals surface area (Å²) in [5.41, 5.74) is 0. The molecule has 92 valence electrons. The average Bonchev–Trinajstić information content (AvgIpc) is 2.13. The molecule has 0 saturated heterocycles. The van der Waals surface area contributed by atoms with Crippen LogP contribution in [0.25, 0.3) is 0 Å². The lowest BCUT2D eigenvalue weighted by Crippen LogP contribution is -2.50. The van der Waals surface area contributed by atoms with Crippen LogP contribution in [0.5, 0.6) is 0 Å². The van der Waals surface area contributed by atoms with E-state index < -0.39 is 8.56 Å². The summed E-state index contributed by atoms with van der Waals surface area (Å²) in [6, 6.07) is 1.10. The first kappa shape index (κ1) is 15.1. The van der Waals surface area contributed by atoms with E-state index in [4.69, 9.17) is 8.85 Å². The standard InChI is InChI=1S/C12H28O2Si/c1-7-10-14-15(11-8-2,13-9-3)12(4,5)6/h7-11H2,1-6H3. The van der Waals surface area contributed by atoms with Crippen LogP contribution in [0.2, 0.25) is 11.1 Å². The Morgan fingerprint density at radius 2 is 1.53 bits per heavy atom. The van der Waals surface area contributed by atoms with Crippen LogP contribution in [0, 0.1) is 0 Å². The minimum absolute atomic E-state index is 0.161. The Labute approximate surface area is 96.6 Å². The van der Waals surface area contributed by atoms with Crippen LogP contribution in [0.1, 0.15) is 54.4 Å². The van der Waals surface area contributed by atoms with Crippen molar-refractivity contribution in [3.05, 3.63) is 0 Å². The minimum Gasteiger partial charge on any atom is -0.394 e. The molecule has 0 amide bonds. The summed E-state index contributed by atoms with van der Waals surface area (Å²) in [5.74, 6) is 0. The van der Waals surface area contributed by atoms with Gasteiger partial charge in [0.2, 0.25) is 0 Å². The van der Waals surface area contributed by atoms with Crippen molar-refractivity contribution in [3.63, 3.8) is 0 Å². The van der Waals surface area contributed by atoms with Gasteiger partial charge in [0.05, 0.1) is 0 Å². The fourth-order valence-corrected chi connectivity index (χ4v) is 5.47. The van der Waals surface area contributed by atoms with Gasteiger partial charge in [0.15, 0.2) is 0 Å². The van der Waals surface area contributed by atoms with E-state index in [2.05, 4.69) is 41.5 Å². The van der Waals surface area contributed by atoms with Gasteiger partial charge in [-0.1, -0.05) is 41.0 Å². The molecule has 0 aromatic heterocycles. The van der Waals surface area contributed by atoms with Crippen molar-refractivity contribution in [2.75, 3.05) is 13.2 Å². The summed E-state index contributed by atoms with van der Waals surface area (Å²) in [6.07, 6.45) is 2.22. The zero-order valence-electron chi connectivity index (χ0n) is 11.4. The van der Waals surface area contributed by atoms with Gasteiger partial charge in [-0.3, -0.25) is 0 Å². The van der Waals surface area contributed by atoms with Crippen LogP contribution in [-0.4, -0.2) is 21.8 Å². The molecule has 1 unspecified atom stereocenters. The van der Waals surface area contributed by atoms with Crippen molar-refractivity contribution in [2.45, 2.75) is 65.5 Å². The Hall–Kier alpha value is 0.137. The van der Waals surface area contributed by atoms with Crippen molar-refractivity contribution >= 4 is 8.56 Å². The second kappa shape index (κ2) is 6.66. The van der Waals surface area contributed by atoms with E-state index in [0.29, 0.717) is 0 Å². The van der Waals surface area contributed by atoms with Crippen LogP contribution in [-0.2, 0) is 8.85 Å². The molecule has 0 aliphatic carbocycles. The van der Waals surface area contributed by atoms with Gasteiger partial charge in [-0.05, 0) is 19.4 Å². The van der Waals surface area contributed by atoms with Gasteiger partial charge in [0.1, 0.15) is 0 Å². The molecule has 0 bridgehead atoms. The first-order chi connectivity index (χ1) is 6.93. The quantitative estimate of drug-likeness (QED) is 0.615. The summed E-state index contributed by atoms with van der Waals surface area (Å²) in [6.45, 7) is 14.8. The van der Waals surface area contributed by atoms with Crippen LogP contribution in [0.15, 0.2) is 0 Å². The monoisotopic (exact) mass is 232 g/mol. The predicted molar refractivity (Wildman–Crippen MR) is 68.4 cm³/mol. The zero-order valence-corrected chi connectivity index (χ0v) is 12.4. The van der Waals surface area contributed by atoms with Gasteiger partial charge in [-0.15, -0.1) is 0 Å². The fraction of sp³-hybridized carbons (Fsp3) is 1.00. The molecule has 15 heavy (non-hydrogen) atoms. The van der Waals surface area contributed by atoms with Gasteiger partial charge >= 0.3 is 8.56 Å². The molecule has 0 N–H and O–H groups in total. The van der Waals surface area contributed by atoms with E-state index in [-0.39, 0.29) is 5.04 Å². The molecule has 0 aliphatic heterocycles. The third-order valence-corrected chi connectivity index (χ3v) is 7.51. The van der Waals surface area contributed by atoms with Crippen LogP contribution in [0.3, 0.4) is 0 Å². The number of hydrogen-bond acceptors (Lipinski definition) is 2. The van der Waals surface area contributed by atoms with Crippen LogP contribution < -0.4 is 0 Å². The van der Waals surface area contributed by atoms with Gasteiger partial charge in [0, 0.05) is 18.3 Å². The Kier molecular flexibility index (Phi) is 6.72. The SMILES string of the molecule is CCCO[Si](CCC)(OCC)C(C)(C)C. The van der Waals surface area contributed by atoms with Gasteiger partial charge in [-0.25, -0.2) is 0 Å². The summed E-state index contributed by atoms with van der Waals surface area (Å²) in [4.78, 5) is 0. The molecule has 0 fully saturated rings. The third-order valence-electron chi connectivity index (χ3n) is 2.64. The Bertz CT molecular complexity index is 157. The van der Waals surface area contributed by atoms with E-state index in [0.717, 1.165) is 32.1 Å². The Balaban J connectivity index is 4.72. The lowest BCUT2D eigenvalue weighted by molar-refractivity contribution is 0.153. The van der Waals surface area contributed by atoms with Crippen LogP contribution >= 0.6 is 0 Å². The van der Waals surface area contributed by atoms with E-state index in [9.17, 15) is 0 Å². The normalized spacial score (nSPS) is 16.4. The van der Waals surface area contributed by atoms with Crippen molar-refractivity contribution in [1.82, 2.24) is 0 Å². The van der Waals surface area contributed by atoms with E-state index in [1.165, 1.54) is 0 Å². The molecular weight excluding hydrogens is 204 g/mol. The molecule has 0 saturated carbocycles. The Morgan fingerprint density at radius 1 is 0.933 bits per heavy atom. The molecule has 0 heterocycles. The molecule has 3 heteroatoms. The molecule has 0 aromatic rings. The highest BCUT2D eigenvalue weighted by Crippen LogP contribution is 2.41. The van der Waals surface area contributed by atoms with Crippen molar-refractivity contribution in [3.8, 4) is 0 Å². The number of hydrogen-bond donors (Lipinski definition) is 0. The average molecular weight is 232 g/mol. The first-order valence-electron chi connectivity index (χ1n) is 6.21. The summed E-state index contributed by atoms with van der Waals surface area (Å²) in [5, 5.41) is 0.161. The second-order valence-corrected chi connectivity index (χ2v) is 9.12. The molecule has 0 aromatic carbocycles. The maximum Gasteiger partial charge on any atom is 0.343 e. The van der Waals surface area contributed by atoms with Gasteiger partial charge in [0.25, 0.3) is 0 Å². The maximum atomic E-state index is 6.14. The Morgan fingerprint density at radius 3 is 1.87 bits per heavy atom. The van der Waals surface area contributed by atoms with Gasteiger partial charge in [-0.2, -0.15) is 0 Å². The molecule has 0 rings (SSSR count).